The highest BCUT2D eigenvalue weighted by Gasteiger charge is 2.31. The number of carbonyl (C=O) groups is 1. The van der Waals surface area contributed by atoms with Gasteiger partial charge in [0.25, 0.3) is 0 Å². The van der Waals surface area contributed by atoms with Gasteiger partial charge in [-0.2, -0.15) is 0 Å². The van der Waals surface area contributed by atoms with Crippen LogP contribution in [0.1, 0.15) is 16.8 Å². The van der Waals surface area contributed by atoms with E-state index in [0.717, 1.165) is 12.1 Å². The van der Waals surface area contributed by atoms with Crippen molar-refractivity contribution >= 4 is 21.5 Å². The summed E-state index contributed by atoms with van der Waals surface area (Å²) in [5.41, 5.74) is 5.55. The van der Waals surface area contributed by atoms with Crippen LogP contribution in [0.5, 0.6) is 0 Å². The predicted octanol–water partition coefficient (Wildman–Crippen LogP) is 0.752. The third-order valence-corrected chi connectivity index (χ3v) is 4.44. The zero-order chi connectivity index (χ0) is 13.3. The number of hydrogen-bond donors (Lipinski definition) is 1. The molecule has 1 fully saturated rings. The van der Waals surface area contributed by atoms with E-state index in [0.29, 0.717) is 0 Å². The molecule has 0 aliphatic carbocycles. The second kappa shape index (κ2) is 4.56. The molecule has 98 valence electrons. The number of hydrogen-bond acceptors (Lipinski definition) is 5. The second-order valence-corrected chi connectivity index (χ2v) is 6.39. The third kappa shape index (κ3) is 2.79. The maximum Gasteiger partial charge on any atom is 0.340 e. The monoisotopic (exact) mass is 273 g/mol. The van der Waals surface area contributed by atoms with E-state index in [2.05, 4.69) is 0 Å². The van der Waals surface area contributed by atoms with Crippen molar-refractivity contribution in [3.8, 4) is 0 Å². The van der Waals surface area contributed by atoms with Gasteiger partial charge in [-0.25, -0.2) is 17.6 Å². The van der Waals surface area contributed by atoms with Crippen LogP contribution in [0.2, 0.25) is 0 Å². The Hall–Kier alpha value is -1.63. The number of ether oxygens (including phenoxy) is 1. The molecule has 18 heavy (non-hydrogen) atoms. The van der Waals surface area contributed by atoms with Crippen LogP contribution in [0.3, 0.4) is 0 Å². The smallest absolute Gasteiger partial charge is 0.340 e. The van der Waals surface area contributed by atoms with Crippen molar-refractivity contribution < 1.29 is 22.3 Å². The molecular formula is C11H12FNO4S. The molecule has 7 heteroatoms. The number of rotatable bonds is 2. The molecule has 0 saturated carbocycles. The minimum absolute atomic E-state index is 0.00355. The summed E-state index contributed by atoms with van der Waals surface area (Å²) in [5.74, 6) is -1.58. The second-order valence-electron chi connectivity index (χ2n) is 4.16. The number of anilines is 1. The molecule has 0 spiro atoms. The van der Waals surface area contributed by atoms with Gasteiger partial charge in [-0.05, 0) is 24.6 Å². The number of carbonyl (C=O) groups excluding carboxylic acids is 1. The maximum atomic E-state index is 13.0. The summed E-state index contributed by atoms with van der Waals surface area (Å²) in [6.07, 6.45) is -0.409. The average Bonchev–Trinajstić information content (AvgIpc) is 2.61. The molecule has 1 aliphatic rings. The molecule has 0 aromatic heterocycles. The number of halogens is 1. The summed E-state index contributed by atoms with van der Waals surface area (Å²) in [6, 6.07) is 3.37. The lowest BCUT2D eigenvalue weighted by atomic mass is 10.2. The zero-order valence-electron chi connectivity index (χ0n) is 9.43. The van der Waals surface area contributed by atoms with Gasteiger partial charge in [0.1, 0.15) is 11.9 Å². The Labute approximate surface area is 104 Å². The number of esters is 1. The van der Waals surface area contributed by atoms with Gasteiger partial charge >= 0.3 is 5.97 Å². The number of nitrogens with two attached hydrogens (primary N) is 1. The van der Waals surface area contributed by atoms with Crippen molar-refractivity contribution in [3.63, 3.8) is 0 Å². The van der Waals surface area contributed by atoms with E-state index >= 15 is 0 Å². The fourth-order valence-corrected chi connectivity index (χ4v) is 3.36. The molecule has 1 aromatic rings. The van der Waals surface area contributed by atoms with Crippen LogP contribution in [0.25, 0.3) is 0 Å². The molecule has 1 heterocycles. The summed E-state index contributed by atoms with van der Waals surface area (Å²) >= 11 is 0. The average molecular weight is 273 g/mol. The molecule has 1 aromatic carbocycles. The fourth-order valence-electron chi connectivity index (χ4n) is 1.77. The van der Waals surface area contributed by atoms with E-state index in [9.17, 15) is 17.6 Å². The predicted molar refractivity (Wildman–Crippen MR) is 63.3 cm³/mol. The Balaban J connectivity index is 2.11. The van der Waals surface area contributed by atoms with Crippen LogP contribution in [-0.2, 0) is 14.6 Å². The van der Waals surface area contributed by atoms with Gasteiger partial charge in [0.15, 0.2) is 9.84 Å². The molecule has 1 unspecified atom stereocenters. The Morgan fingerprint density at radius 3 is 2.78 bits per heavy atom. The lowest BCUT2D eigenvalue weighted by molar-refractivity contribution is 0.0357. The summed E-state index contributed by atoms with van der Waals surface area (Å²) in [5, 5.41) is 0. The summed E-state index contributed by atoms with van der Waals surface area (Å²) < 4.78 is 40.4. The van der Waals surface area contributed by atoms with E-state index in [-0.39, 0.29) is 29.2 Å². The van der Waals surface area contributed by atoms with Gasteiger partial charge in [0.05, 0.1) is 17.1 Å². The van der Waals surface area contributed by atoms with Crippen molar-refractivity contribution in [3.05, 3.63) is 29.6 Å². The van der Waals surface area contributed by atoms with Crippen LogP contribution in [0.15, 0.2) is 18.2 Å². The molecule has 2 rings (SSSR count). The Bertz CT molecular complexity index is 585. The maximum absolute atomic E-state index is 13.0. The van der Waals surface area contributed by atoms with Gasteiger partial charge in [-0.15, -0.1) is 0 Å². The van der Waals surface area contributed by atoms with Crippen molar-refractivity contribution in [2.75, 3.05) is 17.2 Å². The van der Waals surface area contributed by atoms with Gasteiger partial charge in [-0.1, -0.05) is 0 Å². The van der Waals surface area contributed by atoms with Gasteiger partial charge < -0.3 is 10.5 Å². The Kier molecular flexibility index (Phi) is 3.25. The molecule has 0 amide bonds. The van der Waals surface area contributed by atoms with E-state index in [1.807, 2.05) is 0 Å². The zero-order valence-corrected chi connectivity index (χ0v) is 10.2. The van der Waals surface area contributed by atoms with Crippen molar-refractivity contribution in [2.24, 2.45) is 0 Å². The van der Waals surface area contributed by atoms with Crippen molar-refractivity contribution in [1.29, 1.82) is 0 Å². The molecule has 2 N–H and O–H groups in total. The summed E-state index contributed by atoms with van der Waals surface area (Å²) in [4.78, 5) is 11.7. The van der Waals surface area contributed by atoms with Crippen LogP contribution in [0.4, 0.5) is 10.1 Å². The fraction of sp³-hybridized carbons (Fsp3) is 0.364. The van der Waals surface area contributed by atoms with Crippen molar-refractivity contribution in [2.45, 2.75) is 12.5 Å². The molecule has 1 saturated heterocycles. The lowest BCUT2D eigenvalue weighted by Crippen LogP contribution is -2.20. The highest BCUT2D eigenvalue weighted by Crippen LogP contribution is 2.19. The summed E-state index contributed by atoms with van der Waals surface area (Å²) in [6.45, 7) is 0. The van der Waals surface area contributed by atoms with E-state index in [1.54, 1.807) is 0 Å². The Morgan fingerprint density at radius 2 is 2.17 bits per heavy atom. The Morgan fingerprint density at radius 1 is 1.44 bits per heavy atom. The standard InChI is InChI=1S/C11H12FNO4S/c12-7-1-2-10(13)9(5-7)11(14)17-8-3-4-18(15,16)6-8/h1-2,5,8H,3-4,6,13H2. The van der Waals surface area contributed by atoms with E-state index in [4.69, 9.17) is 10.5 Å². The highest BCUT2D eigenvalue weighted by atomic mass is 32.2. The van der Waals surface area contributed by atoms with Crippen LogP contribution < -0.4 is 5.73 Å². The van der Waals surface area contributed by atoms with Gasteiger partial charge in [0.2, 0.25) is 0 Å². The number of sulfone groups is 1. The first-order chi connectivity index (χ1) is 8.37. The first kappa shape index (κ1) is 12.8. The highest BCUT2D eigenvalue weighted by molar-refractivity contribution is 7.91. The molecule has 1 aliphatic heterocycles. The molecule has 5 nitrogen and oxygen atoms in total. The molecular weight excluding hydrogens is 261 g/mol. The quantitative estimate of drug-likeness (QED) is 0.634. The van der Waals surface area contributed by atoms with E-state index in [1.165, 1.54) is 6.07 Å². The first-order valence-electron chi connectivity index (χ1n) is 5.34. The topological polar surface area (TPSA) is 86.5 Å². The minimum Gasteiger partial charge on any atom is -0.458 e. The number of benzene rings is 1. The normalized spacial score (nSPS) is 21.7. The van der Waals surface area contributed by atoms with Gasteiger partial charge in [-0.3, -0.25) is 0 Å². The lowest BCUT2D eigenvalue weighted by Gasteiger charge is -2.11. The first-order valence-corrected chi connectivity index (χ1v) is 7.16. The third-order valence-electron chi connectivity index (χ3n) is 2.70. The van der Waals surface area contributed by atoms with E-state index < -0.39 is 27.7 Å². The molecule has 0 radical (unpaired) electrons. The van der Waals surface area contributed by atoms with Crippen molar-refractivity contribution in [1.82, 2.24) is 0 Å². The van der Waals surface area contributed by atoms with Crippen LogP contribution in [0, 0.1) is 5.82 Å². The summed E-state index contributed by atoms with van der Waals surface area (Å²) in [7, 11) is -3.12. The molecule has 1 atom stereocenters. The SMILES string of the molecule is Nc1ccc(F)cc1C(=O)OC1CCS(=O)(=O)C1. The van der Waals surface area contributed by atoms with Gasteiger partial charge in [0, 0.05) is 5.69 Å². The molecule has 0 bridgehead atoms. The largest absolute Gasteiger partial charge is 0.458 e. The minimum atomic E-state index is -3.12. The van der Waals surface area contributed by atoms with Crippen LogP contribution in [-0.4, -0.2) is 32.0 Å². The van der Waals surface area contributed by atoms with Crippen LogP contribution >= 0.6 is 0 Å². The number of nitrogen functional groups attached to an aromatic ring is 1.